The Morgan fingerprint density at radius 1 is 0.549 bits per heavy atom. The Morgan fingerprint density at radius 2 is 0.902 bits per heavy atom. The molecule has 265 valence electrons. The van der Waals surface area contributed by atoms with E-state index in [1.54, 1.807) is 49.1 Å². The molecule has 4 aliphatic heterocycles. The normalized spacial score (nSPS) is 16.9. The average molecular weight is 732 g/mol. The van der Waals surface area contributed by atoms with Gasteiger partial charge in [0.05, 0.1) is 11.4 Å². The van der Waals surface area contributed by atoms with Gasteiger partial charge in [0.25, 0.3) is 0 Å². The summed E-state index contributed by atoms with van der Waals surface area (Å²) in [6, 6.07) is 21.9. The number of ether oxygens (including phenoxy) is 2. The molecule has 4 aromatic rings. The first-order valence-electron chi connectivity index (χ1n) is 16.5. The number of amides is 2. The molecule has 0 bridgehead atoms. The Morgan fingerprint density at radius 3 is 1.14 bits per heavy atom. The van der Waals surface area contributed by atoms with Crippen LogP contribution in [0.1, 0.15) is 68.9 Å². The van der Waals surface area contributed by atoms with Crippen LogP contribution in [-0.4, -0.2) is 50.7 Å². The van der Waals surface area contributed by atoms with Crippen LogP contribution < -0.4 is 21.4 Å². The molecule has 2 aromatic heterocycles. The van der Waals surface area contributed by atoms with Crippen LogP contribution in [-0.2, 0) is 26.5 Å². The topological polar surface area (TPSA) is 158 Å². The zero-order valence-corrected chi connectivity index (χ0v) is 29.0. The SMILES string of the molecule is C1CCOC1.C1CCOC1.NC(=O)c1ccc(/C(=C2\C=CC=N2)c2ccc[n-]2)cc1.NC(=O)c1ccc(/C(=C2\C=CC=N2)c2ccc[n-]2)cc1.[Cu+2]. The monoisotopic (exact) mass is 731 g/mol. The van der Waals surface area contributed by atoms with Gasteiger partial charge in [-0.15, -0.1) is 11.4 Å². The van der Waals surface area contributed by atoms with Gasteiger partial charge in [0, 0.05) is 50.0 Å². The Balaban J connectivity index is 0.000000177. The van der Waals surface area contributed by atoms with Gasteiger partial charge in [0.2, 0.25) is 11.8 Å². The maximum absolute atomic E-state index is 11.1. The molecule has 4 N–H and O–H groups in total. The number of aromatic nitrogens is 2. The summed E-state index contributed by atoms with van der Waals surface area (Å²) in [5, 5.41) is 0. The predicted molar refractivity (Wildman–Crippen MR) is 197 cm³/mol. The number of benzene rings is 2. The standard InChI is InChI=1S/2C16H13N3O.2C4H8O.Cu/c2*17-16(20)12-7-5-11(6-8-12)15(13-3-1-9-18-13)14-4-2-10-19-14;2*1-2-4-5-3-1;/h2*1-10H,(H3,17,18,19,20);2*1-4H2;/q;;;;+2/p-2. The third-order valence-electron chi connectivity index (χ3n) is 7.81. The Bertz CT molecular complexity index is 1700. The van der Waals surface area contributed by atoms with Crippen LogP contribution in [0, 0.1) is 0 Å². The molecule has 0 unspecified atom stereocenters. The Hall–Kier alpha value is -5.32. The molecule has 6 heterocycles. The molecule has 1 radical (unpaired) electrons. The number of hydrogen-bond acceptors (Lipinski definition) is 6. The fourth-order valence-electron chi connectivity index (χ4n) is 5.27. The number of rotatable bonds is 6. The molecule has 0 saturated carbocycles. The number of primary amides is 2. The predicted octanol–water partition coefficient (Wildman–Crippen LogP) is 5.88. The van der Waals surface area contributed by atoms with Crippen molar-refractivity contribution in [1.29, 1.82) is 0 Å². The quantitative estimate of drug-likeness (QED) is 0.236. The number of nitrogens with zero attached hydrogens (tertiary/aromatic N) is 4. The van der Waals surface area contributed by atoms with Gasteiger partial charge >= 0.3 is 17.1 Å². The van der Waals surface area contributed by atoms with E-state index < -0.39 is 11.8 Å². The van der Waals surface area contributed by atoms with E-state index in [2.05, 4.69) is 20.0 Å². The summed E-state index contributed by atoms with van der Waals surface area (Å²) in [4.78, 5) is 39.6. The zero-order valence-electron chi connectivity index (χ0n) is 28.1. The van der Waals surface area contributed by atoms with Gasteiger partial charge in [0.15, 0.2) is 0 Å². The summed E-state index contributed by atoms with van der Waals surface area (Å²) in [6.07, 6.45) is 19.7. The summed E-state index contributed by atoms with van der Waals surface area (Å²) in [6.45, 7) is 4.00. The number of allylic oxidation sites excluding steroid dienone is 4. The maximum Gasteiger partial charge on any atom is 2.00 e. The van der Waals surface area contributed by atoms with Crippen molar-refractivity contribution in [2.45, 2.75) is 25.7 Å². The van der Waals surface area contributed by atoms with E-state index in [0.717, 1.165) is 71.5 Å². The van der Waals surface area contributed by atoms with Crippen LogP contribution >= 0.6 is 0 Å². The van der Waals surface area contributed by atoms with Crippen molar-refractivity contribution in [2.75, 3.05) is 26.4 Å². The molecule has 2 aromatic carbocycles. The largest absolute Gasteiger partial charge is 2.00 e. The van der Waals surface area contributed by atoms with Gasteiger partial charge in [-0.2, -0.15) is 12.4 Å². The molecular weight excluding hydrogens is 692 g/mol. The fraction of sp³-hybridized carbons (Fsp3) is 0.200. The van der Waals surface area contributed by atoms with Crippen molar-refractivity contribution in [2.24, 2.45) is 21.5 Å². The molecule has 10 nitrogen and oxygen atoms in total. The van der Waals surface area contributed by atoms with Crippen LogP contribution in [0.25, 0.3) is 11.1 Å². The summed E-state index contributed by atoms with van der Waals surface area (Å²) in [7, 11) is 0. The van der Waals surface area contributed by atoms with Crippen LogP contribution in [0.5, 0.6) is 0 Å². The second kappa shape index (κ2) is 20.4. The zero-order chi connectivity index (χ0) is 35.0. The van der Waals surface area contributed by atoms with E-state index >= 15 is 0 Å². The molecule has 0 aliphatic carbocycles. The smallest absolute Gasteiger partial charge is 0.664 e. The summed E-state index contributed by atoms with van der Waals surface area (Å²) in [5.74, 6) is -0.869. The molecule has 0 spiro atoms. The molecule has 11 heteroatoms. The number of carbonyl (C=O) groups excluding carboxylic acids is 2. The van der Waals surface area contributed by atoms with Crippen molar-refractivity contribution >= 4 is 35.4 Å². The summed E-state index contributed by atoms with van der Waals surface area (Å²) >= 11 is 0. The minimum atomic E-state index is -0.434. The molecule has 2 fully saturated rings. The van der Waals surface area contributed by atoms with Gasteiger partial charge in [-0.1, -0.05) is 48.5 Å². The van der Waals surface area contributed by atoms with Crippen LogP contribution in [0.15, 0.2) is 131 Å². The molecule has 8 rings (SSSR count). The van der Waals surface area contributed by atoms with Gasteiger partial charge in [-0.3, -0.25) is 19.6 Å². The first-order chi connectivity index (χ1) is 24.5. The van der Waals surface area contributed by atoms with Gasteiger partial charge in [-0.05, 0) is 96.5 Å². The number of hydrogen-bond donors (Lipinski definition) is 2. The van der Waals surface area contributed by atoms with Crippen LogP contribution in [0.2, 0.25) is 0 Å². The number of aliphatic imine (C=N–C) groups is 2. The Kier molecular flexibility index (Phi) is 15.4. The van der Waals surface area contributed by atoms with Gasteiger partial charge in [0.1, 0.15) is 0 Å². The van der Waals surface area contributed by atoms with Crippen LogP contribution in [0.4, 0.5) is 0 Å². The fourth-order valence-corrected chi connectivity index (χ4v) is 5.27. The third-order valence-corrected chi connectivity index (χ3v) is 7.81. The maximum atomic E-state index is 11.1. The minimum absolute atomic E-state index is 0. The van der Waals surface area contributed by atoms with E-state index in [1.807, 2.05) is 72.8 Å². The van der Waals surface area contributed by atoms with Crippen molar-refractivity contribution in [3.05, 3.63) is 155 Å². The van der Waals surface area contributed by atoms with Gasteiger partial charge < -0.3 is 30.9 Å². The van der Waals surface area contributed by atoms with Crippen LogP contribution in [0.3, 0.4) is 0 Å². The van der Waals surface area contributed by atoms with Crippen molar-refractivity contribution in [3.8, 4) is 0 Å². The summed E-state index contributed by atoms with van der Waals surface area (Å²) < 4.78 is 9.89. The summed E-state index contributed by atoms with van der Waals surface area (Å²) in [5.41, 5.74) is 18.7. The van der Waals surface area contributed by atoms with Gasteiger partial charge in [-0.25, -0.2) is 0 Å². The molecule has 2 saturated heterocycles. The van der Waals surface area contributed by atoms with E-state index in [-0.39, 0.29) is 17.1 Å². The second-order valence-corrected chi connectivity index (χ2v) is 11.4. The molecule has 2 amide bonds. The third kappa shape index (κ3) is 11.3. The van der Waals surface area contributed by atoms with E-state index in [0.29, 0.717) is 11.1 Å². The first kappa shape index (κ1) is 38.5. The molecule has 0 atom stereocenters. The first-order valence-corrected chi connectivity index (χ1v) is 16.5. The number of nitrogens with two attached hydrogens (primary N) is 2. The van der Waals surface area contributed by atoms with Crippen molar-refractivity contribution in [3.63, 3.8) is 0 Å². The Labute approximate surface area is 308 Å². The van der Waals surface area contributed by atoms with E-state index in [9.17, 15) is 9.59 Å². The second-order valence-electron chi connectivity index (χ2n) is 11.4. The average Bonchev–Trinajstić information content (AvgIpc) is 4.00. The molecular formula is C40H40CuN6O4. The minimum Gasteiger partial charge on any atom is -0.664 e. The molecule has 4 aliphatic rings. The van der Waals surface area contributed by atoms with Crippen molar-refractivity contribution < 1.29 is 36.1 Å². The van der Waals surface area contributed by atoms with Crippen molar-refractivity contribution in [1.82, 2.24) is 9.97 Å². The van der Waals surface area contributed by atoms with E-state index in [4.69, 9.17) is 20.9 Å². The van der Waals surface area contributed by atoms with E-state index in [1.165, 1.54) is 25.7 Å². The number of carbonyl (C=O) groups is 2. The molecule has 51 heavy (non-hydrogen) atoms.